The van der Waals surface area contributed by atoms with Crippen molar-refractivity contribution in [3.63, 3.8) is 0 Å². The lowest BCUT2D eigenvalue weighted by molar-refractivity contribution is 0.660. The monoisotopic (exact) mass is 713 g/mol. The molecule has 11 rings (SSSR count). The van der Waals surface area contributed by atoms with E-state index in [-0.39, 0.29) is 5.41 Å². The molecular weight excluding hydrogens is 675 g/mol. The van der Waals surface area contributed by atoms with Crippen LogP contribution < -0.4 is 4.90 Å². The summed E-state index contributed by atoms with van der Waals surface area (Å²) in [5.74, 6) is 0. The first-order valence-corrected chi connectivity index (χ1v) is 19.6. The first-order chi connectivity index (χ1) is 27.5. The average molecular weight is 714 g/mol. The fourth-order valence-corrected chi connectivity index (χ4v) is 9.35. The summed E-state index contributed by atoms with van der Waals surface area (Å²) in [4.78, 5) is 2.43. The molecule has 0 saturated carbocycles. The van der Waals surface area contributed by atoms with Gasteiger partial charge in [-0.3, -0.25) is 0 Å². The highest BCUT2D eigenvalue weighted by molar-refractivity contribution is 6.15. The number of fused-ring (bicyclic) bond motifs is 6. The lowest BCUT2D eigenvalue weighted by Gasteiger charge is -2.28. The third-order valence-electron chi connectivity index (χ3n) is 12.2. The van der Waals surface area contributed by atoms with Crippen molar-refractivity contribution in [2.75, 3.05) is 4.90 Å². The quantitative estimate of drug-likeness (QED) is 0.166. The van der Waals surface area contributed by atoms with Crippen molar-refractivity contribution in [3.05, 3.63) is 211 Å². The van der Waals surface area contributed by atoms with Gasteiger partial charge in [-0.2, -0.15) is 0 Å². The van der Waals surface area contributed by atoms with Gasteiger partial charge in [0.15, 0.2) is 0 Å². The van der Waals surface area contributed by atoms with Crippen LogP contribution in [0.2, 0.25) is 0 Å². The molecule has 0 aromatic heterocycles. The van der Waals surface area contributed by atoms with Gasteiger partial charge in [-0.15, -0.1) is 0 Å². The van der Waals surface area contributed by atoms with E-state index in [1.54, 1.807) is 0 Å². The summed E-state index contributed by atoms with van der Waals surface area (Å²) in [6.07, 6.45) is 0. The van der Waals surface area contributed by atoms with Gasteiger partial charge >= 0.3 is 0 Å². The second-order valence-electron chi connectivity index (χ2n) is 15.7. The molecule has 9 aromatic rings. The second kappa shape index (κ2) is 12.5. The summed E-state index contributed by atoms with van der Waals surface area (Å²) in [6.45, 7) is 4.75. The van der Waals surface area contributed by atoms with Crippen molar-refractivity contribution < 1.29 is 0 Å². The Morgan fingerprint density at radius 2 is 0.786 bits per heavy atom. The van der Waals surface area contributed by atoms with E-state index in [0.29, 0.717) is 0 Å². The molecule has 0 radical (unpaired) electrons. The molecule has 0 bridgehead atoms. The highest BCUT2D eigenvalue weighted by Gasteiger charge is 2.36. The van der Waals surface area contributed by atoms with Gasteiger partial charge in [0.25, 0.3) is 0 Å². The van der Waals surface area contributed by atoms with E-state index in [4.69, 9.17) is 0 Å². The molecule has 1 nitrogen and oxygen atoms in total. The molecule has 56 heavy (non-hydrogen) atoms. The highest BCUT2D eigenvalue weighted by atomic mass is 15.1. The third kappa shape index (κ3) is 5.08. The molecule has 2 aliphatic rings. The van der Waals surface area contributed by atoms with Gasteiger partial charge in [-0.25, -0.2) is 0 Å². The van der Waals surface area contributed by atoms with Crippen LogP contribution in [-0.2, 0) is 5.41 Å². The van der Waals surface area contributed by atoms with Crippen LogP contribution in [0.25, 0.3) is 77.5 Å². The van der Waals surface area contributed by atoms with Crippen LogP contribution in [0.5, 0.6) is 0 Å². The largest absolute Gasteiger partial charge is 0.310 e. The molecule has 0 atom stereocenters. The van der Waals surface area contributed by atoms with Gasteiger partial charge in [0.05, 0.1) is 0 Å². The number of benzene rings is 9. The maximum Gasteiger partial charge on any atom is 0.0467 e. The molecule has 0 fully saturated rings. The van der Waals surface area contributed by atoms with Crippen LogP contribution >= 0.6 is 0 Å². The number of hydrogen-bond donors (Lipinski definition) is 0. The van der Waals surface area contributed by atoms with Crippen LogP contribution in [-0.4, -0.2) is 0 Å². The van der Waals surface area contributed by atoms with Crippen molar-refractivity contribution >= 4 is 27.8 Å². The fourth-order valence-electron chi connectivity index (χ4n) is 9.35. The Balaban J connectivity index is 1.03. The summed E-state index contributed by atoms with van der Waals surface area (Å²) in [5.41, 5.74) is 21.2. The molecule has 9 aromatic carbocycles. The third-order valence-corrected chi connectivity index (χ3v) is 12.2. The molecule has 0 heterocycles. The zero-order chi connectivity index (χ0) is 37.4. The maximum atomic E-state index is 2.43. The Morgan fingerprint density at radius 3 is 1.50 bits per heavy atom. The second-order valence-corrected chi connectivity index (χ2v) is 15.7. The minimum Gasteiger partial charge on any atom is -0.310 e. The number of hydrogen-bond acceptors (Lipinski definition) is 1. The van der Waals surface area contributed by atoms with Gasteiger partial charge < -0.3 is 4.90 Å². The highest BCUT2D eigenvalue weighted by Crippen LogP contribution is 2.52. The zero-order valence-corrected chi connectivity index (χ0v) is 31.5. The summed E-state index contributed by atoms with van der Waals surface area (Å²) >= 11 is 0. The van der Waals surface area contributed by atoms with Crippen molar-refractivity contribution in [3.8, 4) is 66.8 Å². The van der Waals surface area contributed by atoms with Crippen molar-refractivity contribution in [1.29, 1.82) is 0 Å². The van der Waals surface area contributed by atoms with E-state index in [9.17, 15) is 0 Å². The van der Waals surface area contributed by atoms with Crippen LogP contribution in [0.3, 0.4) is 0 Å². The number of rotatable bonds is 6. The van der Waals surface area contributed by atoms with Gasteiger partial charge in [0, 0.05) is 22.5 Å². The Hall–Kier alpha value is -6.96. The van der Waals surface area contributed by atoms with Gasteiger partial charge in [-0.05, 0) is 137 Å². The molecule has 0 aliphatic heterocycles. The number of nitrogens with zero attached hydrogens (tertiary/aromatic N) is 1. The molecule has 0 unspecified atom stereocenters. The molecule has 2 aliphatic carbocycles. The first kappa shape index (κ1) is 32.5. The molecule has 0 N–H and O–H groups in total. The van der Waals surface area contributed by atoms with Crippen LogP contribution in [0.1, 0.15) is 25.0 Å². The van der Waals surface area contributed by atoms with E-state index >= 15 is 0 Å². The topological polar surface area (TPSA) is 3.24 Å². The van der Waals surface area contributed by atoms with Gasteiger partial charge in [0.2, 0.25) is 0 Å². The molecule has 0 spiro atoms. The van der Waals surface area contributed by atoms with Crippen LogP contribution in [0, 0.1) is 0 Å². The first-order valence-electron chi connectivity index (χ1n) is 19.6. The normalized spacial score (nSPS) is 13.0. The van der Waals surface area contributed by atoms with E-state index in [1.165, 1.54) is 88.7 Å². The Morgan fingerprint density at radius 1 is 0.304 bits per heavy atom. The number of anilines is 3. The fraction of sp³-hybridized carbons (Fsp3) is 0.0545. The molecular formula is C55H39N. The Bertz CT molecular complexity index is 2970. The molecule has 1 heteroatoms. The van der Waals surface area contributed by atoms with Gasteiger partial charge in [0.1, 0.15) is 0 Å². The van der Waals surface area contributed by atoms with Crippen LogP contribution in [0.4, 0.5) is 17.1 Å². The average Bonchev–Trinajstić information content (AvgIpc) is 3.70. The molecule has 0 amide bonds. The summed E-state index contributed by atoms with van der Waals surface area (Å²) < 4.78 is 0. The van der Waals surface area contributed by atoms with E-state index in [0.717, 1.165) is 17.1 Å². The SMILES string of the molecule is CC1(C)c2cc(-c3ccccc3)ccc2-c2ccc(N(c3ccc(-c4ccccc4)cc3)c3cccc(-c4ccc5c(c4)-c4cccc6cccc-5c46)c3)cc21. The van der Waals surface area contributed by atoms with Gasteiger partial charge in [-0.1, -0.05) is 166 Å². The standard InChI is InChI=1S/C55H39N/c1-55(2)52-34-42(37-14-7-4-8-15-37)25-30-47(52)48-31-28-45(35-53(48)55)56(43-26-22-38(23-27-43)36-12-5-3-6-13-36)44-19-9-18-40(32-44)41-24-29-46-49-20-10-16-39-17-11-21-50(54(39)49)51(46)33-41/h3-35H,1-2H3. The summed E-state index contributed by atoms with van der Waals surface area (Å²) in [6, 6.07) is 73.9. The minimum atomic E-state index is -0.166. The van der Waals surface area contributed by atoms with Crippen molar-refractivity contribution in [2.24, 2.45) is 0 Å². The summed E-state index contributed by atoms with van der Waals surface area (Å²) in [5, 5.41) is 2.66. The van der Waals surface area contributed by atoms with E-state index in [1.807, 2.05) is 0 Å². The predicted molar refractivity (Wildman–Crippen MR) is 237 cm³/mol. The van der Waals surface area contributed by atoms with E-state index in [2.05, 4.69) is 219 Å². The molecule has 264 valence electrons. The Kier molecular flexibility index (Phi) is 7.28. The van der Waals surface area contributed by atoms with Crippen LogP contribution in [0.15, 0.2) is 200 Å². The molecule has 0 saturated heterocycles. The maximum absolute atomic E-state index is 2.43. The predicted octanol–water partition coefficient (Wildman–Crippen LogP) is 15.3. The smallest absolute Gasteiger partial charge is 0.0467 e. The zero-order valence-electron chi connectivity index (χ0n) is 31.5. The minimum absolute atomic E-state index is 0.166. The Labute approximate surface area is 328 Å². The van der Waals surface area contributed by atoms with Crippen molar-refractivity contribution in [1.82, 2.24) is 0 Å². The van der Waals surface area contributed by atoms with E-state index < -0.39 is 0 Å². The summed E-state index contributed by atoms with van der Waals surface area (Å²) in [7, 11) is 0. The van der Waals surface area contributed by atoms with Crippen molar-refractivity contribution in [2.45, 2.75) is 19.3 Å². The lowest BCUT2D eigenvalue weighted by Crippen LogP contribution is -2.16. The lowest BCUT2D eigenvalue weighted by atomic mass is 9.81.